The SMILES string of the molecule is Cc1ccc(C(=O)Oc2ccc3ccccc3c2/C=N\NC(=O)[C@@H](C)Oc2cccc3ccccc23)cc1. The number of carbonyl (C=O) groups is 2. The van der Waals surface area contributed by atoms with Gasteiger partial charge in [0.15, 0.2) is 6.10 Å². The van der Waals surface area contributed by atoms with Crippen LogP contribution < -0.4 is 14.9 Å². The Kier molecular flexibility index (Phi) is 7.13. The molecule has 0 saturated heterocycles. The molecule has 188 valence electrons. The molecule has 0 aliphatic rings. The van der Waals surface area contributed by atoms with Gasteiger partial charge in [-0.3, -0.25) is 4.79 Å². The minimum atomic E-state index is -0.788. The highest BCUT2D eigenvalue weighted by molar-refractivity contribution is 6.04. The molecule has 0 bridgehead atoms. The molecule has 5 rings (SSSR count). The second kappa shape index (κ2) is 11.0. The number of hydrazone groups is 1. The number of benzene rings is 5. The fraction of sp³-hybridized carbons (Fsp3) is 0.0938. The van der Waals surface area contributed by atoms with Gasteiger partial charge >= 0.3 is 5.97 Å². The third-order valence-corrected chi connectivity index (χ3v) is 6.21. The van der Waals surface area contributed by atoms with Crippen LogP contribution >= 0.6 is 0 Å². The van der Waals surface area contributed by atoms with Crippen LogP contribution in [0.15, 0.2) is 108 Å². The van der Waals surface area contributed by atoms with Crippen molar-refractivity contribution < 1.29 is 19.1 Å². The lowest BCUT2D eigenvalue weighted by molar-refractivity contribution is -0.127. The summed E-state index contributed by atoms with van der Waals surface area (Å²) < 4.78 is 11.7. The van der Waals surface area contributed by atoms with Gasteiger partial charge in [-0.2, -0.15) is 5.10 Å². The lowest BCUT2D eigenvalue weighted by Gasteiger charge is -2.15. The van der Waals surface area contributed by atoms with E-state index in [0.29, 0.717) is 22.6 Å². The fourth-order valence-corrected chi connectivity index (χ4v) is 4.14. The molecule has 5 aromatic carbocycles. The highest BCUT2D eigenvalue weighted by atomic mass is 16.5. The Balaban J connectivity index is 1.35. The topological polar surface area (TPSA) is 77.0 Å². The summed E-state index contributed by atoms with van der Waals surface area (Å²) >= 11 is 0. The normalized spacial score (nSPS) is 11.9. The molecular weight excluding hydrogens is 476 g/mol. The standard InChI is InChI=1S/C32H26N2O4/c1-21-14-16-25(17-15-21)32(36)38-30-19-18-24-9-3-5-11-26(24)28(30)20-33-34-31(35)22(2)37-29-13-7-10-23-8-4-6-12-27(23)29/h3-20,22H,1-2H3,(H,34,35)/b33-20-/t22-/m1/s1. The summed E-state index contributed by atoms with van der Waals surface area (Å²) in [6.07, 6.45) is 0.701. The highest BCUT2D eigenvalue weighted by Crippen LogP contribution is 2.28. The van der Waals surface area contributed by atoms with E-state index in [1.807, 2.05) is 91.9 Å². The van der Waals surface area contributed by atoms with Crippen LogP contribution in [0.1, 0.15) is 28.4 Å². The first-order chi connectivity index (χ1) is 18.5. The van der Waals surface area contributed by atoms with Crippen LogP contribution in [0.25, 0.3) is 21.5 Å². The van der Waals surface area contributed by atoms with Crippen molar-refractivity contribution in [1.29, 1.82) is 0 Å². The van der Waals surface area contributed by atoms with Gasteiger partial charge in [0.2, 0.25) is 0 Å². The van der Waals surface area contributed by atoms with Crippen LogP contribution in [-0.2, 0) is 4.79 Å². The van der Waals surface area contributed by atoms with Crippen molar-refractivity contribution >= 4 is 39.6 Å². The molecule has 0 heterocycles. The third-order valence-electron chi connectivity index (χ3n) is 6.21. The minimum Gasteiger partial charge on any atom is -0.480 e. The average molecular weight is 503 g/mol. The van der Waals surface area contributed by atoms with Crippen LogP contribution in [0.2, 0.25) is 0 Å². The fourth-order valence-electron chi connectivity index (χ4n) is 4.14. The van der Waals surface area contributed by atoms with E-state index in [1.54, 1.807) is 25.1 Å². The van der Waals surface area contributed by atoms with Crippen molar-refractivity contribution in [1.82, 2.24) is 5.43 Å². The number of nitrogens with zero attached hydrogens (tertiary/aromatic N) is 1. The van der Waals surface area contributed by atoms with Crippen molar-refractivity contribution in [3.63, 3.8) is 0 Å². The van der Waals surface area contributed by atoms with Crippen molar-refractivity contribution in [2.45, 2.75) is 20.0 Å². The molecule has 1 amide bonds. The number of nitrogens with one attached hydrogen (secondary N) is 1. The second-order valence-electron chi connectivity index (χ2n) is 8.93. The monoisotopic (exact) mass is 502 g/mol. The number of amides is 1. The van der Waals surface area contributed by atoms with E-state index in [4.69, 9.17) is 9.47 Å². The lowest BCUT2D eigenvalue weighted by Crippen LogP contribution is -2.33. The van der Waals surface area contributed by atoms with E-state index in [9.17, 15) is 9.59 Å². The number of rotatable bonds is 7. The molecule has 6 heteroatoms. The quantitative estimate of drug-likeness (QED) is 0.120. The molecule has 38 heavy (non-hydrogen) atoms. The van der Waals surface area contributed by atoms with Crippen LogP contribution in [0, 0.1) is 6.92 Å². The van der Waals surface area contributed by atoms with Crippen LogP contribution in [-0.4, -0.2) is 24.2 Å². The Morgan fingerprint density at radius 2 is 1.42 bits per heavy atom. The summed E-state index contributed by atoms with van der Waals surface area (Å²) in [5.41, 5.74) is 4.62. The van der Waals surface area contributed by atoms with E-state index in [2.05, 4.69) is 10.5 Å². The Bertz CT molecular complexity index is 1650. The molecule has 0 aromatic heterocycles. The first kappa shape index (κ1) is 24.7. The molecule has 1 N–H and O–H groups in total. The minimum absolute atomic E-state index is 0.340. The maximum Gasteiger partial charge on any atom is 0.343 e. The van der Waals surface area contributed by atoms with Gasteiger partial charge in [-0.05, 0) is 54.3 Å². The summed E-state index contributed by atoms with van der Waals surface area (Å²) in [4.78, 5) is 25.6. The smallest absolute Gasteiger partial charge is 0.343 e. The Morgan fingerprint density at radius 3 is 2.18 bits per heavy atom. The number of fused-ring (bicyclic) bond motifs is 2. The van der Waals surface area contributed by atoms with Gasteiger partial charge < -0.3 is 9.47 Å². The first-order valence-electron chi connectivity index (χ1n) is 12.3. The predicted octanol–water partition coefficient (Wildman–Crippen LogP) is 6.44. The van der Waals surface area contributed by atoms with E-state index < -0.39 is 18.0 Å². The Morgan fingerprint density at radius 1 is 0.763 bits per heavy atom. The van der Waals surface area contributed by atoms with Gasteiger partial charge in [0.05, 0.1) is 11.8 Å². The predicted molar refractivity (Wildman–Crippen MR) is 150 cm³/mol. The zero-order valence-electron chi connectivity index (χ0n) is 21.0. The molecule has 0 radical (unpaired) electrons. The van der Waals surface area contributed by atoms with Crippen molar-refractivity contribution in [2.75, 3.05) is 0 Å². The van der Waals surface area contributed by atoms with Crippen LogP contribution in [0.5, 0.6) is 11.5 Å². The van der Waals surface area contributed by atoms with E-state index in [-0.39, 0.29) is 0 Å². The largest absolute Gasteiger partial charge is 0.480 e. The summed E-state index contributed by atoms with van der Waals surface area (Å²) in [6.45, 7) is 3.62. The second-order valence-corrected chi connectivity index (χ2v) is 8.93. The molecule has 0 saturated carbocycles. The number of hydrogen-bond acceptors (Lipinski definition) is 5. The number of carbonyl (C=O) groups excluding carboxylic acids is 2. The number of hydrogen-bond donors (Lipinski definition) is 1. The van der Waals surface area contributed by atoms with Gasteiger partial charge in [0, 0.05) is 10.9 Å². The summed E-state index contributed by atoms with van der Waals surface area (Å²) in [5.74, 6) is 0.0742. The summed E-state index contributed by atoms with van der Waals surface area (Å²) in [7, 11) is 0. The van der Waals surface area contributed by atoms with Gasteiger partial charge in [0.25, 0.3) is 5.91 Å². The highest BCUT2D eigenvalue weighted by Gasteiger charge is 2.16. The van der Waals surface area contributed by atoms with E-state index in [1.165, 1.54) is 6.21 Å². The Labute approximate surface area is 220 Å². The molecule has 5 aromatic rings. The molecule has 6 nitrogen and oxygen atoms in total. The lowest BCUT2D eigenvalue weighted by atomic mass is 10.0. The molecule has 0 aliphatic heterocycles. The van der Waals surface area contributed by atoms with Gasteiger partial charge in [-0.15, -0.1) is 0 Å². The third kappa shape index (κ3) is 5.39. The molecule has 0 aliphatic carbocycles. The Hall–Kier alpha value is -4.97. The van der Waals surface area contributed by atoms with Crippen molar-refractivity contribution in [3.8, 4) is 11.5 Å². The van der Waals surface area contributed by atoms with Crippen molar-refractivity contribution in [3.05, 3.63) is 120 Å². The van der Waals surface area contributed by atoms with Gasteiger partial charge in [0.1, 0.15) is 11.5 Å². The molecule has 0 unspecified atom stereocenters. The van der Waals surface area contributed by atoms with Crippen LogP contribution in [0.4, 0.5) is 0 Å². The maximum atomic E-state index is 12.8. The molecular formula is C32H26N2O4. The maximum absolute atomic E-state index is 12.8. The summed E-state index contributed by atoms with van der Waals surface area (Å²) in [5, 5.41) is 7.91. The summed E-state index contributed by atoms with van der Waals surface area (Å²) in [6, 6.07) is 32.0. The number of ether oxygens (including phenoxy) is 2. The van der Waals surface area contributed by atoms with Crippen LogP contribution in [0.3, 0.4) is 0 Å². The zero-order valence-corrected chi connectivity index (χ0v) is 21.0. The molecule has 0 spiro atoms. The van der Waals surface area contributed by atoms with Gasteiger partial charge in [-0.1, -0.05) is 84.4 Å². The van der Waals surface area contributed by atoms with Crippen molar-refractivity contribution in [2.24, 2.45) is 5.10 Å². The van der Waals surface area contributed by atoms with Gasteiger partial charge in [-0.25, -0.2) is 10.2 Å². The molecule has 1 atom stereocenters. The van der Waals surface area contributed by atoms with E-state index in [0.717, 1.165) is 27.1 Å². The first-order valence-corrected chi connectivity index (χ1v) is 12.3. The average Bonchev–Trinajstić information content (AvgIpc) is 2.94. The number of aryl methyl sites for hydroxylation is 1. The zero-order chi connectivity index (χ0) is 26.5. The van der Waals surface area contributed by atoms with E-state index >= 15 is 0 Å². The number of esters is 1. The molecule has 0 fully saturated rings.